The van der Waals surface area contributed by atoms with Gasteiger partial charge in [0.1, 0.15) is 12.2 Å². The standard InChI is InChI=1S/C12H21F3N2O3.ClH/c1-9(7-20-8-12(13,14)15)17-10(18)11(19-2)3-5-16-6-4-11;/h9,16H,3-8H2,1-2H3,(H,17,18);1H. The number of methoxy groups -OCH3 is 1. The highest BCUT2D eigenvalue weighted by atomic mass is 35.5. The fourth-order valence-corrected chi connectivity index (χ4v) is 2.10. The summed E-state index contributed by atoms with van der Waals surface area (Å²) in [4.78, 5) is 12.2. The summed E-state index contributed by atoms with van der Waals surface area (Å²) in [6, 6.07) is -0.508. The molecule has 1 aliphatic heterocycles. The van der Waals surface area contributed by atoms with Crippen molar-refractivity contribution in [2.24, 2.45) is 0 Å². The number of carbonyl (C=O) groups excluding carboxylic acids is 1. The molecule has 1 rings (SSSR count). The van der Waals surface area contributed by atoms with Crippen molar-refractivity contribution in [2.75, 3.05) is 33.4 Å². The summed E-state index contributed by atoms with van der Waals surface area (Å²) >= 11 is 0. The molecular formula is C12H22ClF3N2O3. The molecule has 2 N–H and O–H groups in total. The van der Waals surface area contributed by atoms with Crippen LogP contribution in [0.25, 0.3) is 0 Å². The lowest BCUT2D eigenvalue weighted by Crippen LogP contribution is -2.56. The van der Waals surface area contributed by atoms with E-state index < -0.39 is 24.4 Å². The Kier molecular flexibility index (Phi) is 8.53. The summed E-state index contributed by atoms with van der Waals surface area (Å²) in [5.41, 5.74) is -0.899. The van der Waals surface area contributed by atoms with Crippen LogP contribution in [0, 0.1) is 0 Å². The van der Waals surface area contributed by atoms with Gasteiger partial charge in [-0.05, 0) is 32.9 Å². The molecule has 9 heteroatoms. The van der Waals surface area contributed by atoms with Crippen LogP contribution in [-0.2, 0) is 14.3 Å². The summed E-state index contributed by atoms with van der Waals surface area (Å²) in [6.07, 6.45) is -3.29. The van der Waals surface area contributed by atoms with E-state index in [9.17, 15) is 18.0 Å². The highest BCUT2D eigenvalue weighted by molar-refractivity contribution is 5.85. The van der Waals surface area contributed by atoms with Crippen LogP contribution in [0.4, 0.5) is 13.2 Å². The molecule has 0 aliphatic carbocycles. The van der Waals surface area contributed by atoms with Crippen LogP contribution in [0.3, 0.4) is 0 Å². The second-order valence-electron chi connectivity index (χ2n) is 4.95. The molecular weight excluding hydrogens is 313 g/mol. The van der Waals surface area contributed by atoms with Crippen molar-refractivity contribution in [3.05, 3.63) is 0 Å². The van der Waals surface area contributed by atoms with E-state index in [1.165, 1.54) is 7.11 Å². The summed E-state index contributed by atoms with van der Waals surface area (Å²) in [6.45, 7) is 1.43. The maximum atomic E-state index is 12.2. The van der Waals surface area contributed by atoms with E-state index in [4.69, 9.17) is 4.74 Å². The SMILES string of the molecule is COC1(C(=O)NC(C)COCC(F)(F)F)CCNCC1.Cl. The first-order valence-corrected chi connectivity index (χ1v) is 6.50. The van der Waals surface area contributed by atoms with Crippen LogP contribution in [-0.4, -0.2) is 57.1 Å². The van der Waals surface area contributed by atoms with Crippen LogP contribution in [0.5, 0.6) is 0 Å². The van der Waals surface area contributed by atoms with Crippen molar-refractivity contribution in [1.29, 1.82) is 0 Å². The summed E-state index contributed by atoms with van der Waals surface area (Å²) < 4.78 is 45.7. The highest BCUT2D eigenvalue weighted by Gasteiger charge is 2.40. The van der Waals surface area contributed by atoms with Crippen LogP contribution in [0.1, 0.15) is 19.8 Å². The largest absolute Gasteiger partial charge is 0.411 e. The van der Waals surface area contributed by atoms with Gasteiger partial charge < -0.3 is 20.1 Å². The molecule has 0 aromatic heterocycles. The van der Waals surface area contributed by atoms with Gasteiger partial charge in [0.05, 0.1) is 6.61 Å². The minimum absolute atomic E-state index is 0. The molecule has 0 spiro atoms. The molecule has 0 aromatic rings. The van der Waals surface area contributed by atoms with Gasteiger partial charge in [-0.15, -0.1) is 12.4 Å². The van der Waals surface area contributed by atoms with Crippen LogP contribution in [0.15, 0.2) is 0 Å². The molecule has 1 fully saturated rings. The first-order valence-electron chi connectivity index (χ1n) is 6.50. The average Bonchev–Trinajstić information content (AvgIpc) is 2.37. The maximum Gasteiger partial charge on any atom is 0.411 e. The number of nitrogens with one attached hydrogen (secondary N) is 2. The molecule has 0 bridgehead atoms. The number of amides is 1. The van der Waals surface area contributed by atoms with Crippen molar-refractivity contribution < 1.29 is 27.4 Å². The Morgan fingerprint density at radius 3 is 2.43 bits per heavy atom. The highest BCUT2D eigenvalue weighted by Crippen LogP contribution is 2.22. The smallest absolute Gasteiger partial charge is 0.370 e. The number of carbonyl (C=O) groups is 1. The van der Waals surface area contributed by atoms with Gasteiger partial charge in [0.25, 0.3) is 5.91 Å². The second kappa shape index (κ2) is 8.77. The molecule has 1 aliphatic rings. The van der Waals surface area contributed by atoms with Crippen molar-refractivity contribution in [1.82, 2.24) is 10.6 Å². The van der Waals surface area contributed by atoms with Gasteiger partial charge >= 0.3 is 6.18 Å². The Labute approximate surface area is 128 Å². The van der Waals surface area contributed by atoms with Crippen LogP contribution >= 0.6 is 12.4 Å². The van der Waals surface area contributed by atoms with E-state index in [1.807, 2.05) is 0 Å². The summed E-state index contributed by atoms with van der Waals surface area (Å²) in [5, 5.41) is 5.77. The van der Waals surface area contributed by atoms with Gasteiger partial charge in [-0.1, -0.05) is 0 Å². The van der Waals surface area contributed by atoms with Gasteiger partial charge in [0.2, 0.25) is 0 Å². The molecule has 126 valence electrons. The van der Waals surface area contributed by atoms with Gasteiger partial charge in [-0.25, -0.2) is 0 Å². The lowest BCUT2D eigenvalue weighted by Gasteiger charge is -2.35. The topological polar surface area (TPSA) is 59.6 Å². The lowest BCUT2D eigenvalue weighted by atomic mass is 9.91. The van der Waals surface area contributed by atoms with E-state index >= 15 is 0 Å². The Bertz CT molecular complexity index is 323. The normalized spacial score (nSPS) is 19.5. The molecule has 1 amide bonds. The maximum absolute atomic E-state index is 12.2. The molecule has 1 atom stereocenters. The molecule has 1 unspecified atom stereocenters. The van der Waals surface area contributed by atoms with Gasteiger partial charge in [0, 0.05) is 13.2 Å². The minimum atomic E-state index is -4.35. The zero-order chi connectivity index (χ0) is 15.2. The van der Waals surface area contributed by atoms with Crippen LogP contribution in [0.2, 0.25) is 0 Å². The van der Waals surface area contributed by atoms with Crippen molar-refractivity contribution in [2.45, 2.75) is 37.6 Å². The average molecular weight is 335 g/mol. The zero-order valence-electron chi connectivity index (χ0n) is 12.1. The fourth-order valence-electron chi connectivity index (χ4n) is 2.10. The predicted octanol–water partition coefficient (Wildman–Crippen LogP) is 1.26. The first-order chi connectivity index (χ1) is 9.29. The predicted molar refractivity (Wildman–Crippen MR) is 73.6 cm³/mol. The Hall–Kier alpha value is -0.570. The third-order valence-electron chi connectivity index (χ3n) is 3.23. The number of piperidine rings is 1. The van der Waals surface area contributed by atoms with Gasteiger partial charge in [0.15, 0.2) is 0 Å². The minimum Gasteiger partial charge on any atom is -0.370 e. The summed E-state index contributed by atoms with van der Waals surface area (Å²) in [7, 11) is 1.47. The Morgan fingerprint density at radius 1 is 1.38 bits per heavy atom. The Morgan fingerprint density at radius 2 is 1.95 bits per heavy atom. The van der Waals surface area contributed by atoms with Gasteiger partial charge in [-0.3, -0.25) is 4.79 Å². The van der Waals surface area contributed by atoms with Crippen molar-refractivity contribution >= 4 is 18.3 Å². The fraction of sp³-hybridized carbons (Fsp3) is 0.917. The molecule has 0 aromatic carbocycles. The molecule has 1 heterocycles. The summed E-state index contributed by atoms with van der Waals surface area (Å²) in [5.74, 6) is -0.301. The Balaban J connectivity index is 0.00000400. The quantitative estimate of drug-likeness (QED) is 0.768. The molecule has 5 nitrogen and oxygen atoms in total. The van der Waals surface area contributed by atoms with Crippen molar-refractivity contribution in [3.8, 4) is 0 Å². The first kappa shape index (κ1) is 20.4. The number of hydrogen-bond donors (Lipinski definition) is 2. The third-order valence-corrected chi connectivity index (χ3v) is 3.23. The number of halogens is 4. The second-order valence-corrected chi connectivity index (χ2v) is 4.95. The van der Waals surface area contributed by atoms with E-state index in [0.717, 1.165) is 0 Å². The zero-order valence-corrected chi connectivity index (χ0v) is 12.9. The lowest BCUT2D eigenvalue weighted by molar-refractivity contribution is -0.175. The van der Waals surface area contributed by atoms with E-state index in [-0.39, 0.29) is 24.9 Å². The van der Waals surface area contributed by atoms with E-state index in [0.29, 0.717) is 25.9 Å². The van der Waals surface area contributed by atoms with Crippen LogP contribution < -0.4 is 10.6 Å². The third kappa shape index (κ3) is 6.82. The molecule has 1 saturated heterocycles. The number of ether oxygens (including phenoxy) is 2. The molecule has 21 heavy (non-hydrogen) atoms. The molecule has 0 radical (unpaired) electrons. The van der Waals surface area contributed by atoms with Gasteiger partial charge in [-0.2, -0.15) is 13.2 Å². The van der Waals surface area contributed by atoms with E-state index in [1.54, 1.807) is 6.92 Å². The van der Waals surface area contributed by atoms with E-state index in [2.05, 4.69) is 15.4 Å². The van der Waals surface area contributed by atoms with Crippen molar-refractivity contribution in [3.63, 3.8) is 0 Å². The number of rotatable bonds is 6. The number of hydrogen-bond acceptors (Lipinski definition) is 4. The monoisotopic (exact) mass is 334 g/mol. The number of alkyl halides is 3. The molecule has 0 saturated carbocycles.